The molecule has 4 N–H and O–H groups in total. The number of aromatic hydroxyl groups is 1. The predicted molar refractivity (Wildman–Crippen MR) is 81.2 cm³/mol. The van der Waals surface area contributed by atoms with Crippen LogP contribution < -0.4 is 11.2 Å². The maximum Gasteiger partial charge on any atom is 0.270 e. The van der Waals surface area contributed by atoms with E-state index >= 15 is 0 Å². The second kappa shape index (κ2) is 5.55. The molecule has 11 heteroatoms. The third kappa shape index (κ3) is 2.83. The average molecular weight is 314 g/mol. The summed E-state index contributed by atoms with van der Waals surface area (Å²) in [7, 11) is 0. The largest absolute Gasteiger partial charge is 0.507 e. The first kappa shape index (κ1) is 14.2. The van der Waals surface area contributed by atoms with Crippen molar-refractivity contribution in [2.45, 2.75) is 0 Å². The molecule has 0 atom stereocenters. The highest BCUT2D eigenvalue weighted by atomic mass is 16.6. The highest BCUT2D eigenvalue weighted by molar-refractivity contribution is 5.84. The number of nitro groups is 1. The van der Waals surface area contributed by atoms with Crippen LogP contribution in [0.3, 0.4) is 0 Å². The van der Waals surface area contributed by atoms with Crippen LogP contribution in [-0.2, 0) is 0 Å². The molecule has 0 saturated carbocycles. The number of nitro benzene ring substituents is 1. The fraction of sp³-hybridized carbons (Fsp3) is 0. The Kier molecular flexibility index (Phi) is 3.43. The van der Waals surface area contributed by atoms with Crippen LogP contribution >= 0.6 is 0 Å². The number of fused-ring (bicyclic) bond motifs is 1. The molecule has 0 radical (unpaired) electrons. The molecule has 2 heterocycles. The van der Waals surface area contributed by atoms with Crippen molar-refractivity contribution in [2.75, 3.05) is 11.2 Å². The van der Waals surface area contributed by atoms with Crippen molar-refractivity contribution < 1.29 is 10.0 Å². The van der Waals surface area contributed by atoms with Gasteiger partial charge in [-0.3, -0.25) is 10.1 Å². The minimum absolute atomic E-state index is 0.146. The van der Waals surface area contributed by atoms with E-state index in [1.54, 1.807) is 0 Å². The van der Waals surface area contributed by atoms with Crippen molar-refractivity contribution >= 4 is 29.3 Å². The Morgan fingerprint density at radius 3 is 3.04 bits per heavy atom. The number of non-ortho nitro benzene ring substituents is 1. The van der Waals surface area contributed by atoms with E-state index in [1.165, 1.54) is 41.3 Å². The van der Waals surface area contributed by atoms with Crippen molar-refractivity contribution in [3.63, 3.8) is 0 Å². The monoisotopic (exact) mass is 314 g/mol. The quantitative estimate of drug-likeness (QED) is 0.362. The zero-order valence-electron chi connectivity index (χ0n) is 11.5. The number of rotatable bonds is 4. The smallest absolute Gasteiger partial charge is 0.270 e. The molecule has 11 nitrogen and oxygen atoms in total. The summed E-state index contributed by atoms with van der Waals surface area (Å²) in [5, 5.41) is 28.3. The standard InChI is InChI=1S/C12H10N8O3/c13-10-4-11-14-6-16-19(11)12(17-10)18-15-5-7-3-8(20(22)23)1-2-9(7)21/h1-6,21H,13H2,(H,17,18)/b15-5+. The zero-order chi connectivity index (χ0) is 16.4. The van der Waals surface area contributed by atoms with Gasteiger partial charge in [-0.05, 0) is 6.07 Å². The number of benzene rings is 1. The summed E-state index contributed by atoms with van der Waals surface area (Å²) in [6.07, 6.45) is 2.55. The van der Waals surface area contributed by atoms with Gasteiger partial charge >= 0.3 is 0 Å². The molecule has 3 aromatic rings. The number of anilines is 2. The number of nitrogens with one attached hydrogen (secondary N) is 1. The molecule has 0 aliphatic rings. The molecule has 0 fully saturated rings. The third-order valence-electron chi connectivity index (χ3n) is 2.88. The van der Waals surface area contributed by atoms with E-state index < -0.39 is 4.92 Å². The number of hydrogen-bond acceptors (Lipinski definition) is 9. The van der Waals surface area contributed by atoms with Gasteiger partial charge in [0, 0.05) is 23.8 Å². The molecule has 2 aromatic heterocycles. The lowest BCUT2D eigenvalue weighted by molar-refractivity contribution is -0.384. The van der Waals surface area contributed by atoms with Crippen LogP contribution in [0.25, 0.3) is 5.65 Å². The summed E-state index contributed by atoms with van der Waals surface area (Å²) in [6.45, 7) is 0. The van der Waals surface area contributed by atoms with Crippen LogP contribution in [0.5, 0.6) is 5.75 Å². The number of phenolic OH excluding ortho intramolecular Hbond substituents is 1. The van der Waals surface area contributed by atoms with Crippen LogP contribution in [0, 0.1) is 10.1 Å². The summed E-state index contributed by atoms with van der Waals surface area (Å²) >= 11 is 0. The number of hydrazone groups is 1. The highest BCUT2D eigenvalue weighted by Gasteiger charge is 2.09. The molecule has 0 amide bonds. The van der Waals surface area contributed by atoms with Gasteiger partial charge in [-0.15, -0.1) is 0 Å². The molecule has 0 saturated heterocycles. The Bertz CT molecular complexity index is 920. The summed E-state index contributed by atoms with van der Waals surface area (Å²) in [6, 6.07) is 5.14. The number of hydrogen-bond donors (Lipinski definition) is 3. The van der Waals surface area contributed by atoms with Crippen LogP contribution in [-0.4, -0.2) is 35.8 Å². The number of aromatic nitrogens is 4. The van der Waals surface area contributed by atoms with E-state index in [1.807, 2.05) is 0 Å². The van der Waals surface area contributed by atoms with Crippen molar-refractivity contribution in [1.82, 2.24) is 19.6 Å². The first-order valence-electron chi connectivity index (χ1n) is 6.27. The normalized spacial score (nSPS) is 11.1. The van der Waals surface area contributed by atoms with E-state index in [9.17, 15) is 15.2 Å². The molecular formula is C12H10N8O3. The number of phenols is 1. The van der Waals surface area contributed by atoms with Crippen LogP contribution in [0.15, 0.2) is 35.7 Å². The van der Waals surface area contributed by atoms with Gasteiger partial charge in [-0.1, -0.05) is 0 Å². The lowest BCUT2D eigenvalue weighted by Crippen LogP contribution is -2.05. The molecular weight excluding hydrogens is 304 g/mol. The fourth-order valence-electron chi connectivity index (χ4n) is 1.84. The molecule has 0 unspecified atom stereocenters. The number of nitrogens with zero attached hydrogens (tertiary/aromatic N) is 6. The van der Waals surface area contributed by atoms with Gasteiger partial charge in [0.1, 0.15) is 17.9 Å². The minimum atomic E-state index is -0.567. The van der Waals surface area contributed by atoms with E-state index in [4.69, 9.17) is 5.73 Å². The molecule has 1 aromatic carbocycles. The highest BCUT2D eigenvalue weighted by Crippen LogP contribution is 2.21. The Hall–Kier alpha value is -3.76. The van der Waals surface area contributed by atoms with Gasteiger partial charge in [0.2, 0.25) is 5.95 Å². The maximum absolute atomic E-state index is 10.7. The SMILES string of the molecule is Nc1cc2ncnn2c(N/N=C/c2cc([N+](=O)[O-])ccc2O)n1. The summed E-state index contributed by atoms with van der Waals surface area (Å²) in [4.78, 5) is 18.2. The van der Waals surface area contributed by atoms with E-state index in [2.05, 4.69) is 25.6 Å². The molecule has 0 spiro atoms. The Balaban J connectivity index is 1.87. The van der Waals surface area contributed by atoms with Crippen molar-refractivity contribution in [1.29, 1.82) is 0 Å². The molecule has 0 bridgehead atoms. The second-order valence-corrected chi connectivity index (χ2v) is 4.40. The predicted octanol–water partition coefficient (Wildman–Crippen LogP) is 0.766. The van der Waals surface area contributed by atoms with E-state index in [-0.39, 0.29) is 28.8 Å². The fourth-order valence-corrected chi connectivity index (χ4v) is 1.84. The Morgan fingerprint density at radius 2 is 2.26 bits per heavy atom. The lowest BCUT2D eigenvalue weighted by atomic mass is 10.2. The molecule has 23 heavy (non-hydrogen) atoms. The van der Waals surface area contributed by atoms with E-state index in [0.29, 0.717) is 5.65 Å². The summed E-state index contributed by atoms with van der Waals surface area (Å²) in [5.41, 5.74) is 8.73. The molecule has 116 valence electrons. The van der Waals surface area contributed by atoms with Crippen molar-refractivity contribution in [2.24, 2.45) is 5.10 Å². The molecule has 0 aliphatic carbocycles. The van der Waals surface area contributed by atoms with Gasteiger partial charge in [0.05, 0.1) is 11.1 Å². The van der Waals surface area contributed by atoms with E-state index in [0.717, 1.165) is 0 Å². The van der Waals surface area contributed by atoms with Gasteiger partial charge in [0.15, 0.2) is 5.65 Å². The Morgan fingerprint density at radius 1 is 1.43 bits per heavy atom. The van der Waals surface area contributed by atoms with Crippen LogP contribution in [0.1, 0.15) is 5.56 Å². The van der Waals surface area contributed by atoms with Gasteiger partial charge < -0.3 is 10.8 Å². The lowest BCUT2D eigenvalue weighted by Gasteiger charge is -2.03. The van der Waals surface area contributed by atoms with Crippen molar-refractivity contribution in [3.05, 3.63) is 46.3 Å². The summed E-state index contributed by atoms with van der Waals surface area (Å²) < 4.78 is 1.38. The molecule has 3 rings (SSSR count). The minimum Gasteiger partial charge on any atom is -0.507 e. The van der Waals surface area contributed by atoms with Crippen LogP contribution in [0.2, 0.25) is 0 Å². The Labute approximate surface area is 128 Å². The average Bonchev–Trinajstić information content (AvgIpc) is 2.97. The third-order valence-corrected chi connectivity index (χ3v) is 2.88. The number of nitrogen functional groups attached to an aromatic ring is 1. The van der Waals surface area contributed by atoms with Crippen LogP contribution in [0.4, 0.5) is 17.5 Å². The van der Waals surface area contributed by atoms with Gasteiger partial charge in [0.25, 0.3) is 5.69 Å². The topological polar surface area (TPSA) is 157 Å². The van der Waals surface area contributed by atoms with Gasteiger partial charge in [-0.25, -0.2) is 10.4 Å². The zero-order valence-corrected chi connectivity index (χ0v) is 11.5. The van der Waals surface area contributed by atoms with Crippen molar-refractivity contribution in [3.8, 4) is 5.75 Å². The van der Waals surface area contributed by atoms with Gasteiger partial charge in [-0.2, -0.15) is 19.7 Å². The number of nitrogens with two attached hydrogens (primary N) is 1. The maximum atomic E-state index is 10.7. The first-order chi connectivity index (χ1) is 11.0. The second-order valence-electron chi connectivity index (χ2n) is 4.40. The first-order valence-corrected chi connectivity index (χ1v) is 6.27. The summed E-state index contributed by atoms with van der Waals surface area (Å²) in [5.74, 6) is 0.285. The molecule has 0 aliphatic heterocycles.